The van der Waals surface area contributed by atoms with Crippen molar-refractivity contribution in [1.82, 2.24) is 20.3 Å². The summed E-state index contributed by atoms with van der Waals surface area (Å²) in [5.41, 5.74) is 4.50. The standard InChI is InChI=1S/C22H27BrN6O2/c1-12(2)15-10-26-21(27-13-5-4-8-24-9-13)29-19(15)16-11-25-20-14(16)6-7-17(18(20)23)28-22(30)31-3/h6-7,10-13,24-25H,4-5,8-9H2,1-3H3,(H,28,30)(H,26,27,29). The van der Waals surface area contributed by atoms with Crippen molar-refractivity contribution in [3.63, 3.8) is 0 Å². The second kappa shape index (κ2) is 9.23. The van der Waals surface area contributed by atoms with Gasteiger partial charge in [0, 0.05) is 35.9 Å². The number of ether oxygens (including phenoxy) is 1. The smallest absolute Gasteiger partial charge is 0.411 e. The summed E-state index contributed by atoms with van der Waals surface area (Å²) in [6.07, 6.45) is 5.61. The van der Waals surface area contributed by atoms with Crippen LogP contribution in [-0.4, -0.2) is 47.3 Å². The molecule has 1 unspecified atom stereocenters. The average molecular weight is 487 g/mol. The van der Waals surface area contributed by atoms with Crippen LogP contribution in [0, 0.1) is 0 Å². The maximum absolute atomic E-state index is 11.6. The molecule has 3 aromatic rings. The molecule has 4 rings (SSSR count). The highest BCUT2D eigenvalue weighted by Gasteiger charge is 2.20. The third-order valence-electron chi connectivity index (χ3n) is 5.54. The Labute approximate surface area is 189 Å². The number of halogens is 1. The lowest BCUT2D eigenvalue weighted by Crippen LogP contribution is -2.38. The molecule has 1 aliphatic rings. The molecule has 8 nitrogen and oxygen atoms in total. The zero-order valence-electron chi connectivity index (χ0n) is 17.9. The summed E-state index contributed by atoms with van der Waals surface area (Å²) in [7, 11) is 1.34. The van der Waals surface area contributed by atoms with E-state index in [0.29, 0.717) is 17.7 Å². The van der Waals surface area contributed by atoms with Crippen molar-refractivity contribution in [2.24, 2.45) is 0 Å². The first-order valence-electron chi connectivity index (χ1n) is 10.5. The Kier molecular flexibility index (Phi) is 6.43. The number of hydrogen-bond acceptors (Lipinski definition) is 6. The van der Waals surface area contributed by atoms with Crippen LogP contribution < -0.4 is 16.0 Å². The number of benzene rings is 1. The summed E-state index contributed by atoms with van der Waals surface area (Å²) in [6.45, 7) is 6.27. The number of carbonyl (C=O) groups is 1. The number of hydrogen-bond donors (Lipinski definition) is 4. The molecule has 0 aliphatic carbocycles. The fourth-order valence-electron chi connectivity index (χ4n) is 3.87. The Hall–Kier alpha value is -2.65. The molecule has 2 aromatic heterocycles. The fraction of sp³-hybridized carbons (Fsp3) is 0.409. The number of aromatic amines is 1. The van der Waals surface area contributed by atoms with Crippen molar-refractivity contribution in [2.45, 2.75) is 38.6 Å². The number of anilines is 2. The van der Waals surface area contributed by atoms with Crippen molar-refractivity contribution in [1.29, 1.82) is 0 Å². The lowest BCUT2D eigenvalue weighted by atomic mass is 9.98. The van der Waals surface area contributed by atoms with Crippen molar-refractivity contribution >= 4 is 44.6 Å². The van der Waals surface area contributed by atoms with Crippen molar-refractivity contribution in [2.75, 3.05) is 30.8 Å². The van der Waals surface area contributed by atoms with E-state index in [0.717, 1.165) is 58.1 Å². The van der Waals surface area contributed by atoms with Crippen molar-refractivity contribution in [3.8, 4) is 11.3 Å². The van der Waals surface area contributed by atoms with Crippen LogP contribution in [0.1, 0.15) is 38.2 Å². The Morgan fingerprint density at radius 3 is 2.90 bits per heavy atom. The van der Waals surface area contributed by atoms with E-state index in [9.17, 15) is 4.79 Å². The Morgan fingerprint density at radius 2 is 2.19 bits per heavy atom. The van der Waals surface area contributed by atoms with Gasteiger partial charge in [0.1, 0.15) is 0 Å². The van der Waals surface area contributed by atoms with E-state index < -0.39 is 6.09 Å². The summed E-state index contributed by atoms with van der Waals surface area (Å²) in [5, 5.41) is 10.6. The van der Waals surface area contributed by atoms with Gasteiger partial charge in [0.2, 0.25) is 5.95 Å². The number of H-pyrrole nitrogens is 1. The first kappa shape index (κ1) is 21.6. The second-order valence-electron chi connectivity index (χ2n) is 8.01. The predicted molar refractivity (Wildman–Crippen MR) is 127 cm³/mol. The molecular formula is C22H27BrN6O2. The van der Waals surface area contributed by atoms with Crippen LogP contribution in [0.25, 0.3) is 22.2 Å². The van der Waals surface area contributed by atoms with E-state index in [1.807, 2.05) is 24.5 Å². The van der Waals surface area contributed by atoms with E-state index in [-0.39, 0.29) is 5.92 Å². The topological polar surface area (TPSA) is 104 Å². The van der Waals surface area contributed by atoms with E-state index in [4.69, 9.17) is 9.72 Å². The fourth-order valence-corrected chi connectivity index (χ4v) is 4.43. The van der Waals surface area contributed by atoms with Crippen molar-refractivity contribution < 1.29 is 9.53 Å². The van der Waals surface area contributed by atoms with Gasteiger partial charge in [-0.1, -0.05) is 19.9 Å². The number of nitrogens with one attached hydrogen (secondary N) is 4. The van der Waals surface area contributed by atoms with Gasteiger partial charge in [-0.15, -0.1) is 0 Å². The summed E-state index contributed by atoms with van der Waals surface area (Å²) in [4.78, 5) is 24.5. The minimum absolute atomic E-state index is 0.272. The molecule has 31 heavy (non-hydrogen) atoms. The van der Waals surface area contributed by atoms with Gasteiger partial charge < -0.3 is 20.4 Å². The van der Waals surface area contributed by atoms with Crippen LogP contribution in [0.5, 0.6) is 0 Å². The highest BCUT2D eigenvalue weighted by Crippen LogP contribution is 2.38. The Morgan fingerprint density at radius 1 is 1.35 bits per heavy atom. The molecule has 0 radical (unpaired) electrons. The maximum atomic E-state index is 11.6. The summed E-state index contributed by atoms with van der Waals surface area (Å²) < 4.78 is 5.46. The van der Waals surface area contributed by atoms with E-state index in [1.54, 1.807) is 0 Å². The summed E-state index contributed by atoms with van der Waals surface area (Å²) >= 11 is 3.60. The predicted octanol–water partition coefficient (Wildman–Crippen LogP) is 4.85. The van der Waals surface area contributed by atoms with Crippen LogP contribution in [0.3, 0.4) is 0 Å². The van der Waals surface area contributed by atoms with Gasteiger partial charge in [-0.3, -0.25) is 5.32 Å². The van der Waals surface area contributed by atoms with Gasteiger partial charge >= 0.3 is 6.09 Å². The number of carbonyl (C=O) groups excluding carboxylic acids is 1. The quantitative estimate of drug-likeness (QED) is 0.410. The van der Waals surface area contributed by atoms with Crippen molar-refractivity contribution in [3.05, 3.63) is 34.6 Å². The minimum Gasteiger partial charge on any atom is -0.453 e. The number of rotatable bonds is 5. The molecule has 4 N–H and O–H groups in total. The first-order valence-corrected chi connectivity index (χ1v) is 11.3. The number of fused-ring (bicyclic) bond motifs is 1. The van der Waals surface area contributed by atoms with E-state index in [2.05, 4.69) is 55.7 Å². The molecule has 164 valence electrons. The lowest BCUT2D eigenvalue weighted by Gasteiger charge is -2.24. The molecule has 1 amide bonds. The average Bonchev–Trinajstić information content (AvgIpc) is 3.21. The number of methoxy groups -OCH3 is 1. The van der Waals surface area contributed by atoms with E-state index in [1.165, 1.54) is 7.11 Å². The molecule has 0 bridgehead atoms. The SMILES string of the molecule is COC(=O)Nc1ccc2c(-c3nc(NC4CCCNC4)ncc3C(C)C)c[nH]c2c1Br. The zero-order chi connectivity index (χ0) is 22.0. The number of amides is 1. The lowest BCUT2D eigenvalue weighted by molar-refractivity contribution is 0.187. The van der Waals surface area contributed by atoms with E-state index >= 15 is 0 Å². The van der Waals surface area contributed by atoms with Crippen LogP contribution in [0.2, 0.25) is 0 Å². The summed E-state index contributed by atoms with van der Waals surface area (Å²) in [5.74, 6) is 0.916. The second-order valence-corrected chi connectivity index (χ2v) is 8.80. The molecule has 1 fully saturated rings. The number of aromatic nitrogens is 3. The Balaban J connectivity index is 1.74. The number of piperidine rings is 1. The largest absolute Gasteiger partial charge is 0.453 e. The van der Waals surface area contributed by atoms with Gasteiger partial charge in [0.25, 0.3) is 0 Å². The summed E-state index contributed by atoms with van der Waals surface area (Å²) in [6, 6.07) is 4.15. The monoisotopic (exact) mass is 486 g/mol. The van der Waals surface area contributed by atoms with Gasteiger partial charge in [-0.25, -0.2) is 14.8 Å². The molecule has 0 spiro atoms. The van der Waals surface area contributed by atoms with Crippen LogP contribution in [-0.2, 0) is 4.74 Å². The van der Waals surface area contributed by atoms with Gasteiger partial charge in [0.05, 0.1) is 28.5 Å². The molecule has 1 atom stereocenters. The molecule has 1 aliphatic heterocycles. The molecule has 0 saturated carbocycles. The Bertz CT molecular complexity index is 1090. The molecular weight excluding hydrogens is 460 g/mol. The first-order chi connectivity index (χ1) is 15.0. The van der Waals surface area contributed by atoms with Gasteiger partial charge in [-0.2, -0.15) is 0 Å². The third-order valence-corrected chi connectivity index (χ3v) is 6.36. The third kappa shape index (κ3) is 4.52. The highest BCUT2D eigenvalue weighted by molar-refractivity contribution is 9.10. The van der Waals surface area contributed by atoms with Gasteiger partial charge in [-0.05, 0) is 52.9 Å². The van der Waals surface area contributed by atoms with Gasteiger partial charge in [0.15, 0.2) is 0 Å². The highest BCUT2D eigenvalue weighted by atomic mass is 79.9. The van der Waals surface area contributed by atoms with Crippen LogP contribution >= 0.6 is 15.9 Å². The molecule has 9 heteroatoms. The maximum Gasteiger partial charge on any atom is 0.411 e. The van der Waals surface area contributed by atoms with Crippen LogP contribution in [0.4, 0.5) is 16.4 Å². The van der Waals surface area contributed by atoms with Crippen LogP contribution in [0.15, 0.2) is 29.0 Å². The number of nitrogens with zero attached hydrogens (tertiary/aromatic N) is 2. The zero-order valence-corrected chi connectivity index (χ0v) is 19.5. The molecule has 1 aromatic carbocycles. The molecule has 1 saturated heterocycles. The minimum atomic E-state index is -0.516. The normalized spacial score (nSPS) is 16.5. The molecule has 3 heterocycles.